The van der Waals surface area contributed by atoms with Crippen LogP contribution in [0.1, 0.15) is 6.92 Å². The number of esters is 2. The Balaban J connectivity index is 0.00000324. The Bertz CT molecular complexity index is 503. The van der Waals surface area contributed by atoms with E-state index < -0.39 is 18.5 Å². The van der Waals surface area contributed by atoms with Crippen molar-refractivity contribution in [2.45, 2.75) is 6.92 Å². The van der Waals surface area contributed by atoms with E-state index in [2.05, 4.69) is 11.3 Å². The van der Waals surface area contributed by atoms with Crippen molar-refractivity contribution in [3.8, 4) is 5.75 Å². The Morgan fingerprint density at radius 1 is 1.32 bits per heavy atom. The molecular weight excluding hydrogens is 344 g/mol. The molecule has 0 aliphatic rings. The molecule has 1 rings (SSSR count). The molecule has 0 aliphatic carbocycles. The minimum atomic E-state index is -0.825. The molecule has 7 heteroatoms. The molecule has 1 aromatic rings. The Morgan fingerprint density at radius 3 is 2.47 bits per heavy atom. The minimum absolute atomic E-state index is 0. The van der Waals surface area contributed by atoms with Crippen molar-refractivity contribution in [3.05, 3.63) is 40.4 Å². The molecule has 0 unspecified atom stereocenters. The second kappa shape index (κ2) is 8.31. The van der Waals surface area contributed by atoms with Crippen LogP contribution in [0.15, 0.2) is 30.4 Å². The first-order valence-corrected chi connectivity index (χ1v) is 5.64. The fraction of sp³-hybridized carbons (Fsp3) is 0.167. The molecule has 0 aliphatic heterocycles. The van der Waals surface area contributed by atoms with E-state index >= 15 is 0 Å². The first kappa shape index (κ1) is 18.1. The summed E-state index contributed by atoms with van der Waals surface area (Å²) in [6.45, 7) is 4.35. The molecule has 4 nitrogen and oxygen atoms in total. The van der Waals surface area contributed by atoms with E-state index in [0.29, 0.717) is 5.02 Å². The van der Waals surface area contributed by atoms with Crippen molar-refractivity contribution in [1.82, 2.24) is 0 Å². The fourth-order valence-electron chi connectivity index (χ4n) is 0.949. The van der Waals surface area contributed by atoms with Gasteiger partial charge in [0.05, 0.1) is 5.02 Å². The normalized spacial score (nSPS) is 9.21. The van der Waals surface area contributed by atoms with Gasteiger partial charge in [-0.15, -0.1) is 0 Å². The van der Waals surface area contributed by atoms with Crippen molar-refractivity contribution >= 4 is 35.1 Å². The number of ether oxygens (including phenoxy) is 2. The van der Waals surface area contributed by atoms with E-state index in [9.17, 15) is 9.59 Å². The van der Waals surface area contributed by atoms with E-state index in [0.717, 1.165) is 0 Å². The maximum atomic E-state index is 11.2. The topological polar surface area (TPSA) is 52.6 Å². The number of hydrogen-bond donors (Lipinski definition) is 0. The van der Waals surface area contributed by atoms with Gasteiger partial charge in [-0.2, -0.15) is 0 Å². The van der Waals surface area contributed by atoms with Crippen LogP contribution in [0.5, 0.6) is 5.75 Å². The summed E-state index contributed by atoms with van der Waals surface area (Å²) in [5, 5.41) is 0.717. The summed E-state index contributed by atoms with van der Waals surface area (Å²) in [6.07, 6.45) is 0. The number of hydrogen-bond acceptors (Lipinski definition) is 4. The molecule has 0 aromatic heterocycles. The second-order valence-corrected chi connectivity index (χ2v) is 4.25. The van der Waals surface area contributed by atoms with Crippen LogP contribution < -0.4 is 4.74 Å². The minimum Gasteiger partial charge on any atom is -0.480 e. The average Bonchev–Trinajstić information content (AvgIpc) is 2.27. The SMILES string of the molecule is C=C(C)C(=O)OC(=O)COc1ccc(Cl)cc1Cl.[Zn]. The molecule has 0 saturated carbocycles. The number of rotatable bonds is 4. The van der Waals surface area contributed by atoms with E-state index in [1.54, 1.807) is 6.07 Å². The van der Waals surface area contributed by atoms with Crippen LogP contribution >= 0.6 is 23.2 Å². The third-order valence-electron chi connectivity index (χ3n) is 1.79. The molecule has 0 atom stereocenters. The standard InChI is InChI=1S/C12H10Cl2O4.Zn/c1-7(2)12(16)18-11(15)6-17-10-4-3-8(13)5-9(10)14;/h3-5H,1,6H2,2H3;. The average molecular weight is 355 g/mol. The van der Waals surface area contributed by atoms with Crippen LogP contribution in [-0.2, 0) is 33.8 Å². The van der Waals surface area contributed by atoms with Crippen LogP contribution in [0.2, 0.25) is 10.0 Å². The number of carbonyl (C=O) groups is 2. The number of carbonyl (C=O) groups excluding carboxylic acids is 2. The van der Waals surface area contributed by atoms with Crippen LogP contribution in [0.25, 0.3) is 0 Å². The first-order valence-electron chi connectivity index (χ1n) is 4.88. The molecule has 98 valence electrons. The van der Waals surface area contributed by atoms with Crippen molar-refractivity contribution in [2.24, 2.45) is 0 Å². The fourth-order valence-corrected chi connectivity index (χ4v) is 1.41. The molecule has 0 N–H and O–H groups in total. The Labute approximate surface area is 133 Å². The summed E-state index contributed by atoms with van der Waals surface area (Å²) < 4.78 is 9.51. The molecule has 0 amide bonds. The van der Waals surface area contributed by atoms with Crippen LogP contribution in [0.3, 0.4) is 0 Å². The smallest absolute Gasteiger partial charge is 0.352 e. The summed E-state index contributed by atoms with van der Waals surface area (Å²) in [4.78, 5) is 22.3. The molecular formula is C12H10Cl2O4Zn. The van der Waals surface area contributed by atoms with Gasteiger partial charge in [-0.1, -0.05) is 29.8 Å². The van der Waals surface area contributed by atoms with Crippen LogP contribution in [0, 0.1) is 0 Å². The summed E-state index contributed by atoms with van der Waals surface area (Å²) >= 11 is 11.5. The zero-order chi connectivity index (χ0) is 13.7. The summed E-state index contributed by atoms with van der Waals surface area (Å²) in [5.41, 5.74) is 0.132. The van der Waals surface area contributed by atoms with Gasteiger partial charge in [0.1, 0.15) is 5.75 Å². The van der Waals surface area contributed by atoms with Gasteiger partial charge in [0.2, 0.25) is 0 Å². The molecule has 0 fully saturated rings. The predicted molar refractivity (Wildman–Crippen MR) is 67.9 cm³/mol. The van der Waals surface area contributed by atoms with Crippen molar-refractivity contribution < 1.29 is 38.5 Å². The van der Waals surface area contributed by atoms with Crippen molar-refractivity contribution in [2.75, 3.05) is 6.61 Å². The van der Waals surface area contributed by atoms with Gasteiger partial charge in [-0.05, 0) is 25.1 Å². The third-order valence-corrected chi connectivity index (χ3v) is 2.32. The maximum Gasteiger partial charge on any atom is 0.352 e. The zero-order valence-corrected chi connectivity index (χ0v) is 14.7. The van der Waals surface area contributed by atoms with E-state index in [1.807, 2.05) is 0 Å². The van der Waals surface area contributed by atoms with E-state index in [4.69, 9.17) is 27.9 Å². The van der Waals surface area contributed by atoms with Crippen LogP contribution in [0.4, 0.5) is 0 Å². The van der Waals surface area contributed by atoms with Crippen molar-refractivity contribution in [1.29, 1.82) is 0 Å². The maximum absolute atomic E-state index is 11.2. The third kappa shape index (κ3) is 6.19. The Kier molecular flexibility index (Phi) is 7.92. The Hall–Kier alpha value is -0.897. The Morgan fingerprint density at radius 2 is 1.95 bits per heavy atom. The monoisotopic (exact) mass is 352 g/mol. The molecule has 1 aromatic carbocycles. The van der Waals surface area contributed by atoms with Gasteiger partial charge in [0.25, 0.3) is 0 Å². The summed E-state index contributed by atoms with van der Waals surface area (Å²) in [6, 6.07) is 4.55. The van der Waals surface area contributed by atoms with Crippen molar-refractivity contribution in [3.63, 3.8) is 0 Å². The van der Waals surface area contributed by atoms with Gasteiger partial charge >= 0.3 is 11.9 Å². The van der Waals surface area contributed by atoms with E-state index in [-0.39, 0.29) is 35.8 Å². The van der Waals surface area contributed by atoms with Gasteiger partial charge in [0.15, 0.2) is 6.61 Å². The van der Waals surface area contributed by atoms with E-state index in [1.165, 1.54) is 19.1 Å². The first-order chi connectivity index (χ1) is 8.40. The second-order valence-electron chi connectivity index (χ2n) is 3.41. The van der Waals surface area contributed by atoms with Gasteiger partial charge in [-0.25, -0.2) is 9.59 Å². The molecule has 19 heavy (non-hydrogen) atoms. The van der Waals surface area contributed by atoms with Gasteiger partial charge in [-0.3, -0.25) is 0 Å². The zero-order valence-electron chi connectivity index (χ0n) is 10.2. The summed E-state index contributed by atoms with van der Waals surface area (Å²) in [5.74, 6) is -1.33. The molecule has 0 bridgehead atoms. The number of benzene rings is 1. The molecule has 0 spiro atoms. The quantitative estimate of drug-likeness (QED) is 0.361. The largest absolute Gasteiger partial charge is 0.480 e. The van der Waals surface area contributed by atoms with Gasteiger partial charge < -0.3 is 9.47 Å². The van der Waals surface area contributed by atoms with Gasteiger partial charge in [0, 0.05) is 30.1 Å². The van der Waals surface area contributed by atoms with Crippen LogP contribution in [-0.4, -0.2) is 18.5 Å². The summed E-state index contributed by atoms with van der Waals surface area (Å²) in [7, 11) is 0. The molecule has 0 heterocycles. The molecule has 0 saturated heterocycles. The predicted octanol–water partition coefficient (Wildman–Crippen LogP) is 3.02. The number of halogens is 2. The molecule has 0 radical (unpaired) electrons.